The Labute approximate surface area is 144 Å². The molecule has 0 atom stereocenters. The summed E-state index contributed by atoms with van der Waals surface area (Å²) in [5.74, 6) is 0.411. The van der Waals surface area contributed by atoms with E-state index in [2.05, 4.69) is 49.3 Å². The van der Waals surface area contributed by atoms with E-state index in [9.17, 15) is 4.79 Å². The van der Waals surface area contributed by atoms with E-state index in [1.807, 2.05) is 19.9 Å². The minimum atomic E-state index is -0.0229. The number of benzene rings is 1. The lowest BCUT2D eigenvalue weighted by molar-refractivity contribution is 0.0767. The smallest absolute Gasteiger partial charge is 0.272 e. The molecule has 24 heavy (non-hydrogen) atoms. The zero-order valence-electron chi connectivity index (χ0n) is 15.3. The molecule has 0 bridgehead atoms. The first-order valence-electron chi connectivity index (χ1n) is 8.59. The van der Waals surface area contributed by atoms with Crippen molar-refractivity contribution in [1.82, 2.24) is 9.88 Å². The molecule has 0 spiro atoms. The predicted molar refractivity (Wildman–Crippen MR) is 100 cm³/mol. The van der Waals surface area contributed by atoms with Gasteiger partial charge in [-0.3, -0.25) is 4.79 Å². The van der Waals surface area contributed by atoms with E-state index in [1.54, 1.807) is 17.2 Å². The Morgan fingerprint density at radius 3 is 2.42 bits per heavy atom. The molecule has 0 saturated carbocycles. The Hall–Kier alpha value is -2.36. The molecule has 1 heterocycles. The second kappa shape index (κ2) is 7.95. The summed E-state index contributed by atoms with van der Waals surface area (Å²) in [5.41, 5.74) is 4.97. The number of carbonyl (C=O) groups excluding carboxylic acids is 1. The van der Waals surface area contributed by atoms with Crippen molar-refractivity contribution >= 4 is 17.3 Å². The monoisotopic (exact) mass is 325 g/mol. The standard InChI is InChI=1S/C20H27N3O/c1-6-23(7-2)20(24)18-12-11-16(13-21-18)22-19-15(5)9-8-10-17(19)14(3)4/h8-14,22H,6-7H2,1-5H3. The molecule has 0 radical (unpaired) electrons. The summed E-state index contributed by atoms with van der Waals surface area (Å²) in [7, 11) is 0. The fourth-order valence-electron chi connectivity index (χ4n) is 2.75. The zero-order valence-corrected chi connectivity index (χ0v) is 15.3. The van der Waals surface area contributed by atoms with Crippen LogP contribution in [0, 0.1) is 6.92 Å². The zero-order chi connectivity index (χ0) is 17.7. The Balaban J connectivity index is 2.23. The molecule has 0 fully saturated rings. The third kappa shape index (κ3) is 3.94. The van der Waals surface area contributed by atoms with E-state index < -0.39 is 0 Å². The van der Waals surface area contributed by atoms with Gasteiger partial charge in [0.05, 0.1) is 11.9 Å². The van der Waals surface area contributed by atoms with Gasteiger partial charge in [-0.15, -0.1) is 0 Å². The summed E-state index contributed by atoms with van der Waals surface area (Å²) in [5, 5.41) is 3.46. The van der Waals surface area contributed by atoms with E-state index in [-0.39, 0.29) is 5.91 Å². The molecule has 1 aromatic carbocycles. The quantitative estimate of drug-likeness (QED) is 0.834. The van der Waals surface area contributed by atoms with Gasteiger partial charge in [-0.1, -0.05) is 32.0 Å². The highest BCUT2D eigenvalue weighted by Gasteiger charge is 2.14. The van der Waals surface area contributed by atoms with Gasteiger partial charge in [-0.25, -0.2) is 4.98 Å². The van der Waals surface area contributed by atoms with Crippen molar-refractivity contribution in [1.29, 1.82) is 0 Å². The van der Waals surface area contributed by atoms with E-state index in [1.165, 1.54) is 11.1 Å². The molecular formula is C20H27N3O. The molecule has 1 N–H and O–H groups in total. The SMILES string of the molecule is CCN(CC)C(=O)c1ccc(Nc2c(C)cccc2C(C)C)cn1. The Kier molecular flexibility index (Phi) is 5.96. The predicted octanol–water partition coefficient (Wildman–Crippen LogP) is 4.74. The third-order valence-corrected chi connectivity index (χ3v) is 4.23. The molecular weight excluding hydrogens is 298 g/mol. The highest BCUT2D eigenvalue weighted by molar-refractivity contribution is 5.92. The van der Waals surface area contributed by atoms with Gasteiger partial charge in [0.15, 0.2) is 0 Å². The van der Waals surface area contributed by atoms with Gasteiger partial charge in [0.1, 0.15) is 5.69 Å². The van der Waals surface area contributed by atoms with Crippen LogP contribution in [-0.4, -0.2) is 28.9 Å². The number of para-hydroxylation sites is 1. The number of nitrogens with zero attached hydrogens (tertiary/aromatic N) is 2. The molecule has 0 aliphatic carbocycles. The largest absolute Gasteiger partial charge is 0.354 e. The number of rotatable bonds is 6. The number of nitrogens with one attached hydrogen (secondary N) is 1. The van der Waals surface area contributed by atoms with Crippen LogP contribution in [0.5, 0.6) is 0 Å². The summed E-state index contributed by atoms with van der Waals surface area (Å²) in [6.07, 6.45) is 1.73. The van der Waals surface area contributed by atoms with E-state index in [4.69, 9.17) is 0 Å². The average molecular weight is 325 g/mol. The normalized spacial score (nSPS) is 10.8. The van der Waals surface area contributed by atoms with E-state index in [0.717, 1.165) is 11.4 Å². The molecule has 1 aromatic heterocycles. The molecule has 2 aromatic rings. The van der Waals surface area contributed by atoms with Gasteiger partial charge in [0.25, 0.3) is 5.91 Å². The molecule has 0 unspecified atom stereocenters. The van der Waals surface area contributed by atoms with Crippen LogP contribution >= 0.6 is 0 Å². The fourth-order valence-corrected chi connectivity index (χ4v) is 2.75. The van der Waals surface area contributed by atoms with Crippen LogP contribution in [0.4, 0.5) is 11.4 Å². The van der Waals surface area contributed by atoms with Crippen molar-refractivity contribution in [3.8, 4) is 0 Å². The summed E-state index contributed by atoms with van der Waals surface area (Å²) in [6.45, 7) is 11.8. The fraction of sp³-hybridized carbons (Fsp3) is 0.400. The summed E-state index contributed by atoms with van der Waals surface area (Å²) in [4.78, 5) is 18.4. The van der Waals surface area contributed by atoms with Gasteiger partial charge in [-0.05, 0) is 49.9 Å². The number of pyridine rings is 1. The second-order valence-electron chi connectivity index (χ2n) is 6.23. The first-order valence-corrected chi connectivity index (χ1v) is 8.59. The maximum Gasteiger partial charge on any atom is 0.272 e. The number of aryl methyl sites for hydroxylation is 1. The van der Waals surface area contributed by atoms with Crippen molar-refractivity contribution in [2.75, 3.05) is 18.4 Å². The summed E-state index contributed by atoms with van der Waals surface area (Å²) >= 11 is 0. The van der Waals surface area contributed by atoms with Crippen LogP contribution in [0.2, 0.25) is 0 Å². The first kappa shape index (κ1) is 18.0. The number of hydrogen-bond donors (Lipinski definition) is 1. The van der Waals surface area contributed by atoms with Gasteiger partial charge in [-0.2, -0.15) is 0 Å². The number of carbonyl (C=O) groups is 1. The highest BCUT2D eigenvalue weighted by Crippen LogP contribution is 2.30. The van der Waals surface area contributed by atoms with E-state index in [0.29, 0.717) is 24.7 Å². The minimum Gasteiger partial charge on any atom is -0.354 e. The van der Waals surface area contributed by atoms with Crippen LogP contribution in [0.15, 0.2) is 36.5 Å². The maximum absolute atomic E-state index is 12.3. The highest BCUT2D eigenvalue weighted by atomic mass is 16.2. The Morgan fingerprint density at radius 2 is 1.88 bits per heavy atom. The molecule has 128 valence electrons. The molecule has 4 heteroatoms. The van der Waals surface area contributed by atoms with Crippen molar-refractivity contribution in [3.05, 3.63) is 53.3 Å². The third-order valence-electron chi connectivity index (χ3n) is 4.23. The molecule has 0 saturated heterocycles. The molecule has 0 aliphatic rings. The van der Waals surface area contributed by atoms with Crippen molar-refractivity contribution in [2.24, 2.45) is 0 Å². The number of aromatic nitrogens is 1. The van der Waals surface area contributed by atoms with Gasteiger partial charge in [0, 0.05) is 18.8 Å². The summed E-state index contributed by atoms with van der Waals surface area (Å²) < 4.78 is 0. The topological polar surface area (TPSA) is 45.2 Å². The second-order valence-corrected chi connectivity index (χ2v) is 6.23. The molecule has 2 rings (SSSR count). The van der Waals surface area contributed by atoms with Gasteiger partial charge < -0.3 is 10.2 Å². The molecule has 4 nitrogen and oxygen atoms in total. The lowest BCUT2D eigenvalue weighted by Gasteiger charge is -2.19. The van der Waals surface area contributed by atoms with Gasteiger partial charge in [0.2, 0.25) is 0 Å². The lowest BCUT2D eigenvalue weighted by atomic mass is 9.98. The van der Waals surface area contributed by atoms with Crippen LogP contribution in [0.25, 0.3) is 0 Å². The van der Waals surface area contributed by atoms with Crippen LogP contribution in [0.1, 0.15) is 55.2 Å². The average Bonchev–Trinajstić information content (AvgIpc) is 2.58. The van der Waals surface area contributed by atoms with Crippen molar-refractivity contribution in [3.63, 3.8) is 0 Å². The maximum atomic E-state index is 12.3. The van der Waals surface area contributed by atoms with Gasteiger partial charge >= 0.3 is 0 Å². The lowest BCUT2D eigenvalue weighted by Crippen LogP contribution is -2.31. The van der Waals surface area contributed by atoms with Crippen LogP contribution in [0.3, 0.4) is 0 Å². The van der Waals surface area contributed by atoms with Crippen LogP contribution < -0.4 is 5.32 Å². The number of amides is 1. The Morgan fingerprint density at radius 1 is 1.17 bits per heavy atom. The number of anilines is 2. The minimum absolute atomic E-state index is 0.0229. The first-order chi connectivity index (χ1) is 11.5. The summed E-state index contributed by atoms with van der Waals surface area (Å²) in [6, 6.07) is 10.0. The Bertz CT molecular complexity index is 689. The van der Waals surface area contributed by atoms with Crippen molar-refractivity contribution in [2.45, 2.75) is 40.5 Å². The van der Waals surface area contributed by atoms with E-state index >= 15 is 0 Å². The van der Waals surface area contributed by atoms with Crippen molar-refractivity contribution < 1.29 is 4.79 Å². The molecule has 1 amide bonds. The number of hydrogen-bond acceptors (Lipinski definition) is 3. The molecule has 0 aliphatic heterocycles. The van der Waals surface area contributed by atoms with Crippen LogP contribution in [-0.2, 0) is 0 Å².